The smallest absolute Gasteiger partial charge is 0.374 e. The molecule has 0 radical (unpaired) electrons. The largest absolute Gasteiger partial charge is 0.435 e. The van der Waals surface area contributed by atoms with Crippen LogP contribution in [-0.4, -0.2) is 17.8 Å². The second-order valence-electron chi connectivity index (χ2n) is 8.66. The first-order valence-corrected chi connectivity index (χ1v) is 12.0. The number of hydrogen-bond donors (Lipinski definition) is 1. The number of aryl methyl sites for hydroxylation is 1. The number of nitrogens with zero attached hydrogens (tertiary/aromatic N) is 1. The SMILES string of the molecule is CCC(NC(=O)c1ccc(C2=NOC(c3cc(Cl)cc(Cl)c3)(C(F)(F)F)C2)cc1C)c1ccccc1. The number of nitrogens with one attached hydrogen (secondary N) is 1. The van der Waals surface area contributed by atoms with Crippen LogP contribution in [0.25, 0.3) is 0 Å². The molecule has 4 rings (SSSR count). The van der Waals surface area contributed by atoms with Gasteiger partial charge in [-0.2, -0.15) is 13.2 Å². The van der Waals surface area contributed by atoms with Gasteiger partial charge in [0.05, 0.1) is 11.8 Å². The molecule has 0 aromatic heterocycles. The highest BCUT2D eigenvalue weighted by Gasteiger charge is 2.62. The fourth-order valence-electron chi connectivity index (χ4n) is 4.29. The lowest BCUT2D eigenvalue weighted by Crippen LogP contribution is -2.42. The summed E-state index contributed by atoms with van der Waals surface area (Å²) >= 11 is 11.9. The van der Waals surface area contributed by atoms with Crippen molar-refractivity contribution in [2.45, 2.75) is 44.5 Å². The molecule has 1 aliphatic rings. The highest BCUT2D eigenvalue weighted by Crippen LogP contribution is 2.49. The maximum atomic E-state index is 14.3. The summed E-state index contributed by atoms with van der Waals surface area (Å²) in [4.78, 5) is 18.1. The first kappa shape index (κ1) is 26.0. The number of carbonyl (C=O) groups excluding carboxylic acids is 1. The van der Waals surface area contributed by atoms with Crippen LogP contribution in [0.2, 0.25) is 10.0 Å². The van der Waals surface area contributed by atoms with Crippen LogP contribution in [-0.2, 0) is 10.4 Å². The van der Waals surface area contributed by atoms with Crippen molar-refractivity contribution in [3.8, 4) is 0 Å². The summed E-state index contributed by atoms with van der Waals surface area (Å²) in [5.74, 6) is -0.266. The Hall–Kier alpha value is -3.03. The molecule has 0 saturated carbocycles. The van der Waals surface area contributed by atoms with Crippen molar-refractivity contribution in [3.05, 3.63) is 105 Å². The zero-order valence-corrected chi connectivity index (χ0v) is 21.0. The molecule has 3 aromatic rings. The average molecular weight is 535 g/mol. The lowest BCUT2D eigenvalue weighted by atomic mass is 9.86. The van der Waals surface area contributed by atoms with Gasteiger partial charge in [-0.05, 0) is 60.4 Å². The van der Waals surface area contributed by atoms with Crippen molar-refractivity contribution in [1.29, 1.82) is 0 Å². The van der Waals surface area contributed by atoms with Crippen molar-refractivity contribution in [2.24, 2.45) is 5.16 Å². The molecule has 2 unspecified atom stereocenters. The Balaban J connectivity index is 1.58. The fourth-order valence-corrected chi connectivity index (χ4v) is 4.81. The fraction of sp³-hybridized carbons (Fsp3) is 0.259. The summed E-state index contributed by atoms with van der Waals surface area (Å²) in [6.07, 6.45) is -4.65. The standard InChI is InChI=1S/C27H23Cl2F3N2O2/c1-3-23(17-7-5-4-6-8-17)33-25(35)22-10-9-18(11-16(22)2)24-15-26(36-34-24,27(30,31)32)19-12-20(28)14-21(29)13-19/h4-14,23H,3,15H2,1-2H3,(H,33,35). The summed E-state index contributed by atoms with van der Waals surface area (Å²) in [5.41, 5.74) is -0.393. The predicted octanol–water partition coefficient (Wildman–Crippen LogP) is 7.77. The van der Waals surface area contributed by atoms with Crippen LogP contribution < -0.4 is 5.32 Å². The van der Waals surface area contributed by atoms with E-state index in [9.17, 15) is 18.0 Å². The highest BCUT2D eigenvalue weighted by molar-refractivity contribution is 6.34. The zero-order valence-electron chi connectivity index (χ0n) is 19.5. The molecule has 1 amide bonds. The number of carbonyl (C=O) groups is 1. The molecule has 4 nitrogen and oxygen atoms in total. The molecule has 1 heterocycles. The van der Waals surface area contributed by atoms with Gasteiger partial charge >= 0.3 is 6.18 Å². The number of hydrogen-bond acceptors (Lipinski definition) is 3. The van der Waals surface area contributed by atoms with Crippen LogP contribution in [0.5, 0.6) is 0 Å². The van der Waals surface area contributed by atoms with E-state index in [0.717, 1.165) is 5.56 Å². The quantitative estimate of drug-likeness (QED) is 0.351. The lowest BCUT2D eigenvalue weighted by molar-refractivity contribution is -0.275. The van der Waals surface area contributed by atoms with Gasteiger partial charge in [-0.3, -0.25) is 4.79 Å². The molecule has 188 valence electrons. The third kappa shape index (κ3) is 5.08. The van der Waals surface area contributed by atoms with Crippen LogP contribution in [0.15, 0.2) is 71.9 Å². The average Bonchev–Trinajstić information content (AvgIpc) is 3.29. The summed E-state index contributed by atoms with van der Waals surface area (Å²) in [5, 5.41) is 6.94. The van der Waals surface area contributed by atoms with Gasteiger partial charge in [-0.25, -0.2) is 0 Å². The number of oxime groups is 1. The number of amides is 1. The molecule has 0 bridgehead atoms. The lowest BCUT2D eigenvalue weighted by Gasteiger charge is -2.29. The molecular weight excluding hydrogens is 512 g/mol. The molecule has 0 fully saturated rings. The molecule has 0 spiro atoms. The Morgan fingerprint density at radius 3 is 2.33 bits per heavy atom. The topological polar surface area (TPSA) is 50.7 Å². The molecule has 0 aliphatic carbocycles. The molecule has 2 atom stereocenters. The molecule has 3 aromatic carbocycles. The van der Waals surface area contributed by atoms with Crippen LogP contribution >= 0.6 is 23.2 Å². The van der Waals surface area contributed by atoms with Gasteiger partial charge < -0.3 is 10.2 Å². The van der Waals surface area contributed by atoms with E-state index in [1.165, 1.54) is 18.2 Å². The van der Waals surface area contributed by atoms with Gasteiger partial charge in [0, 0.05) is 27.6 Å². The van der Waals surface area contributed by atoms with Gasteiger partial charge in [0.15, 0.2) is 0 Å². The third-order valence-electron chi connectivity index (χ3n) is 6.23. The number of rotatable bonds is 6. The summed E-state index contributed by atoms with van der Waals surface area (Å²) in [7, 11) is 0. The van der Waals surface area contributed by atoms with Gasteiger partial charge in [-0.15, -0.1) is 0 Å². The Bertz CT molecular complexity index is 1290. The molecular formula is C27H23Cl2F3N2O2. The molecule has 9 heteroatoms. The minimum absolute atomic E-state index is 0.0604. The molecule has 36 heavy (non-hydrogen) atoms. The van der Waals surface area contributed by atoms with Gasteiger partial charge in [-0.1, -0.05) is 71.7 Å². The van der Waals surface area contributed by atoms with Gasteiger partial charge in [0.25, 0.3) is 11.5 Å². The van der Waals surface area contributed by atoms with E-state index in [0.29, 0.717) is 23.1 Å². The number of alkyl halides is 3. The van der Waals surface area contributed by atoms with Crippen LogP contribution in [0.3, 0.4) is 0 Å². The Labute approximate surface area is 217 Å². The summed E-state index contributed by atoms with van der Waals surface area (Å²) in [6.45, 7) is 3.71. The predicted molar refractivity (Wildman–Crippen MR) is 135 cm³/mol. The van der Waals surface area contributed by atoms with Crippen LogP contribution in [0.1, 0.15) is 58.4 Å². The van der Waals surface area contributed by atoms with Crippen molar-refractivity contribution in [1.82, 2.24) is 5.32 Å². The Kier molecular flexibility index (Phi) is 7.34. The van der Waals surface area contributed by atoms with E-state index in [-0.39, 0.29) is 33.3 Å². The number of halogens is 5. The maximum Gasteiger partial charge on any atom is 0.435 e. The first-order chi connectivity index (χ1) is 17.0. The van der Waals surface area contributed by atoms with Crippen molar-refractivity contribution < 1.29 is 22.8 Å². The molecule has 1 N–H and O–H groups in total. The highest BCUT2D eigenvalue weighted by atomic mass is 35.5. The van der Waals surface area contributed by atoms with Crippen LogP contribution in [0.4, 0.5) is 13.2 Å². The van der Waals surface area contributed by atoms with Crippen molar-refractivity contribution in [3.63, 3.8) is 0 Å². The second-order valence-corrected chi connectivity index (χ2v) is 9.54. The van der Waals surface area contributed by atoms with E-state index < -0.39 is 18.2 Å². The normalized spacial score (nSPS) is 18.4. The zero-order chi connectivity index (χ0) is 26.1. The van der Waals surface area contributed by atoms with Gasteiger partial charge in [0.2, 0.25) is 0 Å². The van der Waals surface area contributed by atoms with E-state index >= 15 is 0 Å². The van der Waals surface area contributed by atoms with Crippen molar-refractivity contribution in [2.75, 3.05) is 0 Å². The van der Waals surface area contributed by atoms with Crippen LogP contribution in [0, 0.1) is 6.92 Å². The second kappa shape index (κ2) is 10.1. The van der Waals surface area contributed by atoms with E-state index in [4.69, 9.17) is 28.0 Å². The first-order valence-electron chi connectivity index (χ1n) is 11.3. The minimum atomic E-state index is -4.78. The number of benzene rings is 3. The third-order valence-corrected chi connectivity index (χ3v) is 6.67. The monoisotopic (exact) mass is 534 g/mol. The Morgan fingerprint density at radius 1 is 1.08 bits per heavy atom. The van der Waals surface area contributed by atoms with E-state index in [1.54, 1.807) is 25.1 Å². The van der Waals surface area contributed by atoms with Crippen molar-refractivity contribution >= 4 is 34.8 Å². The van der Waals surface area contributed by atoms with Gasteiger partial charge in [0.1, 0.15) is 0 Å². The molecule has 1 aliphatic heterocycles. The summed E-state index contributed by atoms with van der Waals surface area (Å²) < 4.78 is 42.8. The summed E-state index contributed by atoms with van der Waals surface area (Å²) in [6, 6.07) is 18.0. The van der Waals surface area contributed by atoms with E-state index in [1.807, 2.05) is 37.3 Å². The Morgan fingerprint density at radius 2 is 1.75 bits per heavy atom. The van der Waals surface area contributed by atoms with E-state index in [2.05, 4.69) is 10.5 Å². The maximum absolute atomic E-state index is 14.3. The minimum Gasteiger partial charge on any atom is -0.374 e. The molecule has 0 saturated heterocycles.